The Kier molecular flexibility index (Phi) is 9.97. The highest BCUT2D eigenvalue weighted by Crippen LogP contribution is 2.33. The number of nitrogens with one attached hydrogen (secondary N) is 1. The number of carbonyl (C=O) groups excluding carboxylic acids is 2. The minimum absolute atomic E-state index is 0.0901. The van der Waals surface area contributed by atoms with Gasteiger partial charge >= 0.3 is 0 Å². The molecule has 1 atom stereocenters. The highest BCUT2D eigenvalue weighted by Gasteiger charge is 2.31. The van der Waals surface area contributed by atoms with Crippen LogP contribution in [0, 0.1) is 0 Å². The average Bonchev–Trinajstić information content (AvgIpc) is 2.84. The van der Waals surface area contributed by atoms with E-state index >= 15 is 0 Å². The second-order valence-corrected chi connectivity index (χ2v) is 10.4. The largest absolute Gasteiger partial charge is 0.497 e. The van der Waals surface area contributed by atoms with Crippen LogP contribution in [0.2, 0.25) is 0 Å². The number of ether oxygens (including phenoxy) is 3. The van der Waals surface area contributed by atoms with E-state index in [4.69, 9.17) is 14.2 Å². The maximum Gasteiger partial charge on any atom is 0.244 e. The molecule has 198 valence electrons. The van der Waals surface area contributed by atoms with E-state index in [9.17, 15) is 18.0 Å². The molecule has 0 aliphatic heterocycles. The molecular formula is C25H35N3O7S. The molecule has 2 rings (SSSR count). The van der Waals surface area contributed by atoms with Crippen molar-refractivity contribution >= 4 is 27.5 Å². The first-order valence-corrected chi connectivity index (χ1v) is 13.2. The summed E-state index contributed by atoms with van der Waals surface area (Å²) in [5.74, 6) is 0.438. The monoisotopic (exact) mass is 521 g/mol. The Bertz CT molecular complexity index is 1150. The zero-order chi connectivity index (χ0) is 27.0. The third-order valence-electron chi connectivity index (χ3n) is 5.44. The molecule has 0 fully saturated rings. The summed E-state index contributed by atoms with van der Waals surface area (Å²) in [4.78, 5) is 27.8. The normalized spacial score (nSPS) is 12.0. The number of carbonyl (C=O) groups is 2. The molecule has 0 radical (unpaired) electrons. The van der Waals surface area contributed by atoms with E-state index in [0.29, 0.717) is 11.5 Å². The fraction of sp³-hybridized carbons (Fsp3) is 0.440. The lowest BCUT2D eigenvalue weighted by Gasteiger charge is -2.32. The van der Waals surface area contributed by atoms with Crippen LogP contribution < -0.4 is 23.8 Å². The summed E-state index contributed by atoms with van der Waals surface area (Å²) >= 11 is 0. The lowest BCUT2D eigenvalue weighted by atomic mass is 10.1. The standard InChI is InChI=1S/C25H35N3O7S/c1-17(2)26-25(30)18(3)27(15-19-8-10-20(33-4)11-9-19)24(29)16-28(36(7,31)32)22-13-12-21(34-5)14-23(22)35-6/h8-14,17-18H,15-16H2,1-7H3,(H,26,30)/t18-/m1/s1. The lowest BCUT2D eigenvalue weighted by molar-refractivity contribution is -0.139. The predicted octanol–water partition coefficient (Wildman–Crippen LogP) is 2.42. The minimum atomic E-state index is -3.90. The molecule has 10 nitrogen and oxygen atoms in total. The molecule has 0 saturated carbocycles. The van der Waals surface area contributed by atoms with Crippen molar-refractivity contribution in [3.8, 4) is 17.2 Å². The van der Waals surface area contributed by atoms with Crippen molar-refractivity contribution in [2.45, 2.75) is 39.4 Å². The Morgan fingerprint density at radius 1 is 0.917 bits per heavy atom. The number of rotatable bonds is 12. The van der Waals surface area contributed by atoms with E-state index in [1.165, 1.54) is 31.3 Å². The first-order valence-electron chi connectivity index (χ1n) is 11.3. The van der Waals surface area contributed by atoms with Gasteiger partial charge in [-0.2, -0.15) is 0 Å². The van der Waals surface area contributed by atoms with Crippen LogP contribution in [0.5, 0.6) is 17.2 Å². The summed E-state index contributed by atoms with van der Waals surface area (Å²) in [6.45, 7) is 4.81. The lowest BCUT2D eigenvalue weighted by Crippen LogP contribution is -2.52. The molecule has 1 N–H and O–H groups in total. The van der Waals surface area contributed by atoms with Crippen LogP contribution in [0.4, 0.5) is 5.69 Å². The number of hydrogen-bond acceptors (Lipinski definition) is 7. The maximum absolute atomic E-state index is 13.6. The molecule has 0 heterocycles. The fourth-order valence-corrected chi connectivity index (χ4v) is 4.35. The smallest absolute Gasteiger partial charge is 0.244 e. The molecule has 11 heteroatoms. The summed E-state index contributed by atoms with van der Waals surface area (Å²) in [6.07, 6.45) is 1.01. The molecule has 0 spiro atoms. The van der Waals surface area contributed by atoms with Gasteiger partial charge in [-0.3, -0.25) is 13.9 Å². The second-order valence-electron chi connectivity index (χ2n) is 8.52. The third-order valence-corrected chi connectivity index (χ3v) is 6.57. The highest BCUT2D eigenvalue weighted by atomic mass is 32.2. The zero-order valence-corrected chi connectivity index (χ0v) is 22.6. The molecule has 0 saturated heterocycles. The SMILES string of the molecule is COc1ccc(CN(C(=O)CN(c2ccc(OC)cc2OC)S(C)(=O)=O)[C@H](C)C(=O)NC(C)C)cc1. The van der Waals surface area contributed by atoms with Gasteiger partial charge in [-0.1, -0.05) is 12.1 Å². The van der Waals surface area contributed by atoms with Gasteiger partial charge in [0.2, 0.25) is 21.8 Å². The van der Waals surface area contributed by atoms with Crippen molar-refractivity contribution in [2.24, 2.45) is 0 Å². The third kappa shape index (κ3) is 7.51. The van der Waals surface area contributed by atoms with E-state index in [-0.39, 0.29) is 29.9 Å². The summed E-state index contributed by atoms with van der Waals surface area (Å²) in [6, 6.07) is 10.7. The van der Waals surface area contributed by atoms with Gasteiger partial charge in [0.25, 0.3) is 0 Å². The number of methoxy groups -OCH3 is 3. The first kappa shape index (κ1) is 28.8. The Labute approximate surface area is 213 Å². The van der Waals surface area contributed by atoms with Gasteiger partial charge in [0.05, 0.1) is 33.3 Å². The number of hydrogen-bond donors (Lipinski definition) is 1. The van der Waals surface area contributed by atoms with Crippen LogP contribution in [-0.4, -0.2) is 71.3 Å². The van der Waals surface area contributed by atoms with E-state index in [2.05, 4.69) is 5.32 Å². The van der Waals surface area contributed by atoms with Crippen LogP contribution in [0.1, 0.15) is 26.3 Å². The molecular weight excluding hydrogens is 486 g/mol. The van der Waals surface area contributed by atoms with Gasteiger partial charge in [-0.15, -0.1) is 0 Å². The Hall–Kier alpha value is -3.47. The van der Waals surface area contributed by atoms with Gasteiger partial charge < -0.3 is 24.4 Å². The Morgan fingerprint density at radius 2 is 1.50 bits per heavy atom. The van der Waals surface area contributed by atoms with Crippen molar-refractivity contribution < 1.29 is 32.2 Å². The van der Waals surface area contributed by atoms with E-state index < -0.39 is 28.5 Å². The molecule has 0 aromatic heterocycles. The molecule has 0 aliphatic rings. The predicted molar refractivity (Wildman–Crippen MR) is 138 cm³/mol. The fourth-order valence-electron chi connectivity index (χ4n) is 3.50. The van der Waals surface area contributed by atoms with E-state index in [1.54, 1.807) is 44.4 Å². The molecule has 0 bridgehead atoms. The molecule has 36 heavy (non-hydrogen) atoms. The van der Waals surface area contributed by atoms with Crippen LogP contribution in [0.3, 0.4) is 0 Å². The van der Waals surface area contributed by atoms with Gasteiger partial charge in [-0.05, 0) is 50.6 Å². The highest BCUT2D eigenvalue weighted by molar-refractivity contribution is 7.92. The van der Waals surface area contributed by atoms with Crippen molar-refractivity contribution in [1.29, 1.82) is 0 Å². The quantitative estimate of drug-likeness (QED) is 0.456. The number of benzene rings is 2. The summed E-state index contributed by atoms with van der Waals surface area (Å²) in [5.41, 5.74) is 0.930. The minimum Gasteiger partial charge on any atom is -0.497 e. The Morgan fingerprint density at radius 3 is 2.00 bits per heavy atom. The molecule has 2 amide bonds. The van der Waals surface area contributed by atoms with Crippen molar-refractivity contribution in [2.75, 3.05) is 38.4 Å². The number of amides is 2. The molecule has 2 aromatic carbocycles. The molecule has 2 aromatic rings. The molecule has 0 unspecified atom stereocenters. The van der Waals surface area contributed by atoms with Gasteiger partial charge in [-0.25, -0.2) is 8.42 Å². The van der Waals surface area contributed by atoms with Crippen LogP contribution in [0.25, 0.3) is 0 Å². The summed E-state index contributed by atoms with van der Waals surface area (Å²) in [7, 11) is 0.531. The van der Waals surface area contributed by atoms with Gasteiger partial charge in [0.15, 0.2) is 0 Å². The summed E-state index contributed by atoms with van der Waals surface area (Å²) < 4.78 is 42.2. The van der Waals surface area contributed by atoms with Crippen molar-refractivity contribution in [1.82, 2.24) is 10.2 Å². The van der Waals surface area contributed by atoms with Crippen molar-refractivity contribution in [3.63, 3.8) is 0 Å². The maximum atomic E-state index is 13.6. The summed E-state index contributed by atoms with van der Waals surface area (Å²) in [5, 5.41) is 2.81. The second kappa shape index (κ2) is 12.5. The first-order chi connectivity index (χ1) is 16.9. The number of anilines is 1. The molecule has 0 aliphatic carbocycles. The number of nitrogens with zero attached hydrogens (tertiary/aromatic N) is 2. The van der Waals surface area contributed by atoms with Crippen molar-refractivity contribution in [3.05, 3.63) is 48.0 Å². The van der Waals surface area contributed by atoms with Crippen LogP contribution >= 0.6 is 0 Å². The number of sulfonamides is 1. The van der Waals surface area contributed by atoms with Crippen LogP contribution in [0.15, 0.2) is 42.5 Å². The van der Waals surface area contributed by atoms with Crippen LogP contribution in [-0.2, 0) is 26.2 Å². The van der Waals surface area contributed by atoms with E-state index in [0.717, 1.165) is 16.1 Å². The van der Waals surface area contributed by atoms with E-state index in [1.807, 2.05) is 13.8 Å². The van der Waals surface area contributed by atoms with Gasteiger partial charge in [0, 0.05) is 18.7 Å². The topological polar surface area (TPSA) is 114 Å². The zero-order valence-electron chi connectivity index (χ0n) is 21.8. The average molecular weight is 522 g/mol. The Balaban J connectivity index is 2.45. The van der Waals surface area contributed by atoms with Gasteiger partial charge in [0.1, 0.15) is 29.8 Å².